The molecule has 0 spiro atoms. The van der Waals surface area contributed by atoms with E-state index in [1.54, 1.807) is 40.0 Å². The molecule has 1 atom stereocenters. The number of nitrogens with one attached hydrogen (secondary N) is 1. The van der Waals surface area contributed by atoms with Gasteiger partial charge in [0.05, 0.1) is 33.5 Å². The van der Waals surface area contributed by atoms with Crippen molar-refractivity contribution >= 4 is 22.9 Å². The van der Waals surface area contributed by atoms with E-state index in [4.69, 9.17) is 23.9 Å². The highest BCUT2D eigenvalue weighted by Gasteiger charge is 2.32. The molecule has 0 saturated carbocycles. The summed E-state index contributed by atoms with van der Waals surface area (Å²) >= 11 is 1.60. The maximum Gasteiger partial charge on any atom is 0.338 e. The van der Waals surface area contributed by atoms with Crippen molar-refractivity contribution in [2.24, 2.45) is 4.99 Å². The Labute approximate surface area is 170 Å². The number of aliphatic imine (C=N–C) groups is 1. The second kappa shape index (κ2) is 9.73. The van der Waals surface area contributed by atoms with Crippen LogP contribution in [-0.4, -0.2) is 44.3 Å². The standard InChI is InChI=1S/C20H28N2O5S/c1-8-27-19(23)16-12(4)21-20(28-11(2)3)22-17(16)13-9-14(24-5)18(26-7)15(10-13)25-6/h9-11,17H,8H2,1-7H3,(H,21,22)/t17-/m0/s1. The molecule has 0 unspecified atom stereocenters. The minimum Gasteiger partial charge on any atom is -0.493 e. The summed E-state index contributed by atoms with van der Waals surface area (Å²) in [4.78, 5) is 17.5. The number of carbonyl (C=O) groups is 1. The number of methoxy groups -OCH3 is 3. The van der Waals surface area contributed by atoms with E-state index in [2.05, 4.69) is 19.2 Å². The van der Waals surface area contributed by atoms with Gasteiger partial charge in [-0.25, -0.2) is 9.79 Å². The van der Waals surface area contributed by atoms with E-state index in [1.165, 1.54) is 0 Å². The van der Waals surface area contributed by atoms with E-state index >= 15 is 0 Å². The molecular formula is C20H28N2O5S. The molecule has 0 amide bonds. The number of amidine groups is 1. The summed E-state index contributed by atoms with van der Waals surface area (Å²) in [6.07, 6.45) is 0. The maximum atomic E-state index is 12.7. The van der Waals surface area contributed by atoms with E-state index in [9.17, 15) is 4.79 Å². The van der Waals surface area contributed by atoms with Crippen LogP contribution >= 0.6 is 11.8 Å². The average Bonchev–Trinajstić information content (AvgIpc) is 2.65. The summed E-state index contributed by atoms with van der Waals surface area (Å²) < 4.78 is 21.6. The molecule has 1 N–H and O–H groups in total. The Hall–Kier alpha value is -2.35. The number of nitrogens with zero attached hydrogens (tertiary/aromatic N) is 1. The SMILES string of the molecule is CCOC(=O)C1=C(C)NC(SC(C)C)=N[C@H]1c1cc(OC)c(OC)c(OC)c1. The van der Waals surface area contributed by atoms with Gasteiger partial charge in [-0.2, -0.15) is 0 Å². The van der Waals surface area contributed by atoms with Crippen LogP contribution in [0.25, 0.3) is 0 Å². The van der Waals surface area contributed by atoms with Crippen molar-refractivity contribution in [3.05, 3.63) is 29.0 Å². The van der Waals surface area contributed by atoms with Crippen molar-refractivity contribution < 1.29 is 23.7 Å². The fourth-order valence-electron chi connectivity index (χ4n) is 2.90. The first kappa shape index (κ1) is 21.9. The van der Waals surface area contributed by atoms with Crippen molar-refractivity contribution in [3.8, 4) is 17.2 Å². The highest BCUT2D eigenvalue weighted by atomic mass is 32.2. The van der Waals surface area contributed by atoms with Gasteiger partial charge in [0.1, 0.15) is 6.04 Å². The summed E-state index contributed by atoms with van der Waals surface area (Å²) in [5, 5.41) is 4.31. The minimum absolute atomic E-state index is 0.287. The first-order valence-electron chi connectivity index (χ1n) is 9.05. The zero-order valence-electron chi connectivity index (χ0n) is 17.4. The highest BCUT2D eigenvalue weighted by Crippen LogP contribution is 2.43. The van der Waals surface area contributed by atoms with Gasteiger partial charge in [-0.15, -0.1) is 0 Å². The first-order valence-corrected chi connectivity index (χ1v) is 9.93. The number of esters is 1. The lowest BCUT2D eigenvalue weighted by Crippen LogP contribution is -2.31. The molecule has 0 bridgehead atoms. The minimum atomic E-state index is -0.546. The van der Waals surface area contributed by atoms with Crippen LogP contribution < -0.4 is 19.5 Å². The second-order valence-corrected chi connectivity index (χ2v) is 7.91. The van der Waals surface area contributed by atoms with Crippen molar-refractivity contribution in [2.45, 2.75) is 39.0 Å². The van der Waals surface area contributed by atoms with Gasteiger partial charge in [0, 0.05) is 10.9 Å². The molecular weight excluding hydrogens is 380 g/mol. The smallest absolute Gasteiger partial charge is 0.338 e. The quantitative estimate of drug-likeness (QED) is 0.689. The molecule has 1 aliphatic rings. The molecule has 0 saturated heterocycles. The second-order valence-electron chi connectivity index (χ2n) is 6.35. The highest BCUT2D eigenvalue weighted by molar-refractivity contribution is 8.14. The summed E-state index contributed by atoms with van der Waals surface area (Å²) in [6.45, 7) is 8.09. The van der Waals surface area contributed by atoms with Crippen LogP contribution in [0.3, 0.4) is 0 Å². The van der Waals surface area contributed by atoms with E-state index in [-0.39, 0.29) is 6.61 Å². The molecule has 7 nitrogen and oxygen atoms in total. The van der Waals surface area contributed by atoms with Crippen molar-refractivity contribution in [3.63, 3.8) is 0 Å². The van der Waals surface area contributed by atoms with Gasteiger partial charge < -0.3 is 24.3 Å². The fraction of sp³-hybridized carbons (Fsp3) is 0.500. The van der Waals surface area contributed by atoms with Crippen LogP contribution in [0, 0.1) is 0 Å². The predicted octanol–water partition coefficient (Wildman–Crippen LogP) is 3.69. The molecule has 2 rings (SSSR count). The lowest BCUT2D eigenvalue weighted by Gasteiger charge is -2.27. The normalized spacial score (nSPS) is 16.4. The third-order valence-electron chi connectivity index (χ3n) is 4.06. The molecule has 28 heavy (non-hydrogen) atoms. The monoisotopic (exact) mass is 408 g/mol. The van der Waals surface area contributed by atoms with Crippen LogP contribution in [-0.2, 0) is 9.53 Å². The van der Waals surface area contributed by atoms with Crippen LogP contribution in [0.5, 0.6) is 17.2 Å². The molecule has 1 aliphatic heterocycles. The van der Waals surface area contributed by atoms with Crippen LogP contribution in [0.2, 0.25) is 0 Å². The van der Waals surface area contributed by atoms with E-state index in [0.717, 1.165) is 16.4 Å². The van der Waals surface area contributed by atoms with Crippen molar-refractivity contribution in [1.29, 1.82) is 0 Å². The van der Waals surface area contributed by atoms with Gasteiger partial charge in [0.25, 0.3) is 0 Å². The molecule has 154 valence electrons. The van der Waals surface area contributed by atoms with E-state index in [0.29, 0.717) is 28.1 Å². The van der Waals surface area contributed by atoms with Gasteiger partial charge in [0.2, 0.25) is 5.75 Å². The van der Waals surface area contributed by atoms with Gasteiger partial charge in [0.15, 0.2) is 16.7 Å². The molecule has 1 heterocycles. The number of hydrogen-bond acceptors (Lipinski definition) is 8. The number of hydrogen-bond donors (Lipinski definition) is 1. The van der Waals surface area contributed by atoms with E-state index < -0.39 is 12.0 Å². The zero-order valence-corrected chi connectivity index (χ0v) is 18.2. The zero-order chi connectivity index (χ0) is 20.8. The number of rotatable bonds is 7. The summed E-state index contributed by atoms with van der Waals surface area (Å²) in [5.74, 6) is 1.10. The Bertz CT molecular complexity index is 764. The lowest BCUT2D eigenvalue weighted by atomic mass is 9.96. The number of carbonyl (C=O) groups excluding carboxylic acids is 1. The van der Waals surface area contributed by atoms with Crippen LogP contribution in [0.15, 0.2) is 28.4 Å². The fourth-order valence-corrected chi connectivity index (χ4v) is 3.73. The van der Waals surface area contributed by atoms with Crippen molar-refractivity contribution in [1.82, 2.24) is 5.32 Å². The van der Waals surface area contributed by atoms with Gasteiger partial charge in [-0.1, -0.05) is 25.6 Å². The number of ether oxygens (including phenoxy) is 4. The largest absolute Gasteiger partial charge is 0.493 e. The van der Waals surface area contributed by atoms with Crippen LogP contribution in [0.4, 0.5) is 0 Å². The number of benzene rings is 1. The van der Waals surface area contributed by atoms with Gasteiger partial charge in [-0.05, 0) is 31.5 Å². The average molecular weight is 409 g/mol. The third kappa shape index (κ3) is 4.73. The Morgan fingerprint density at radius 2 is 1.79 bits per heavy atom. The molecule has 1 aromatic carbocycles. The maximum absolute atomic E-state index is 12.7. The molecule has 0 fully saturated rings. The van der Waals surface area contributed by atoms with Gasteiger partial charge in [-0.3, -0.25) is 0 Å². The number of thioether (sulfide) groups is 1. The molecule has 0 aliphatic carbocycles. The van der Waals surface area contributed by atoms with E-state index in [1.807, 2.05) is 19.1 Å². The predicted molar refractivity (Wildman–Crippen MR) is 111 cm³/mol. The Morgan fingerprint density at radius 3 is 2.25 bits per heavy atom. The Kier molecular flexibility index (Phi) is 7.62. The van der Waals surface area contributed by atoms with Gasteiger partial charge >= 0.3 is 5.97 Å². The summed E-state index contributed by atoms with van der Waals surface area (Å²) in [6, 6.07) is 3.07. The summed E-state index contributed by atoms with van der Waals surface area (Å²) in [7, 11) is 4.66. The lowest BCUT2D eigenvalue weighted by molar-refractivity contribution is -0.138. The third-order valence-corrected chi connectivity index (χ3v) is 4.97. The topological polar surface area (TPSA) is 78.4 Å². The molecule has 0 radical (unpaired) electrons. The Balaban J connectivity index is 2.62. The Morgan fingerprint density at radius 1 is 1.18 bits per heavy atom. The molecule has 0 aromatic heterocycles. The number of allylic oxidation sites excluding steroid dienone is 1. The molecule has 8 heteroatoms. The summed E-state index contributed by atoms with van der Waals surface area (Å²) in [5.41, 5.74) is 1.93. The van der Waals surface area contributed by atoms with Crippen LogP contribution in [0.1, 0.15) is 39.3 Å². The van der Waals surface area contributed by atoms with Crippen molar-refractivity contribution in [2.75, 3.05) is 27.9 Å². The first-order chi connectivity index (χ1) is 13.4. The molecule has 1 aromatic rings.